The fraction of sp³-hybridized carbons (Fsp3) is 0.941. The molecule has 0 aliphatic heterocycles. The van der Waals surface area contributed by atoms with Crippen molar-refractivity contribution in [2.45, 2.75) is 66.3 Å². The Kier molecular flexibility index (Phi) is 12.5. The summed E-state index contributed by atoms with van der Waals surface area (Å²) in [6, 6.07) is 0.637. The van der Waals surface area contributed by atoms with Crippen LogP contribution in [0, 0.1) is 5.92 Å². The van der Waals surface area contributed by atoms with Gasteiger partial charge in [0.05, 0.1) is 0 Å². The van der Waals surface area contributed by atoms with Gasteiger partial charge in [0, 0.05) is 25.7 Å². The Balaban J connectivity index is 3.80. The van der Waals surface area contributed by atoms with Crippen LogP contribution in [0.15, 0.2) is 4.99 Å². The number of aliphatic imine (C=N–C) groups is 1. The highest BCUT2D eigenvalue weighted by atomic mass is 15.2. The van der Waals surface area contributed by atoms with Crippen LogP contribution >= 0.6 is 0 Å². The van der Waals surface area contributed by atoms with Gasteiger partial charge in [0.25, 0.3) is 0 Å². The molecule has 0 aromatic heterocycles. The number of hydrogen-bond donors (Lipinski definition) is 2. The highest BCUT2D eigenvalue weighted by Gasteiger charge is 2.02. The lowest BCUT2D eigenvalue weighted by Gasteiger charge is -2.20. The van der Waals surface area contributed by atoms with E-state index in [0.29, 0.717) is 6.04 Å². The van der Waals surface area contributed by atoms with Gasteiger partial charge in [-0.15, -0.1) is 0 Å². The van der Waals surface area contributed by atoms with E-state index < -0.39 is 0 Å². The summed E-state index contributed by atoms with van der Waals surface area (Å²) in [7, 11) is 2.19. The predicted octanol–water partition coefficient (Wildman–Crippen LogP) is 3.10. The van der Waals surface area contributed by atoms with E-state index in [1.165, 1.54) is 32.2 Å². The Morgan fingerprint density at radius 3 is 2.33 bits per heavy atom. The van der Waals surface area contributed by atoms with Crippen molar-refractivity contribution in [3.8, 4) is 0 Å². The highest BCUT2D eigenvalue weighted by molar-refractivity contribution is 5.79. The smallest absolute Gasteiger partial charge is 0.191 e. The Hall–Kier alpha value is -0.770. The second kappa shape index (κ2) is 12.9. The average molecular weight is 299 g/mol. The van der Waals surface area contributed by atoms with Crippen molar-refractivity contribution < 1.29 is 0 Å². The maximum absolute atomic E-state index is 4.63. The molecular weight excluding hydrogens is 260 g/mol. The van der Waals surface area contributed by atoms with Gasteiger partial charge in [-0.25, -0.2) is 0 Å². The molecule has 4 heteroatoms. The van der Waals surface area contributed by atoms with Crippen molar-refractivity contribution in [1.82, 2.24) is 15.5 Å². The molecule has 126 valence electrons. The minimum atomic E-state index is 0.637. The van der Waals surface area contributed by atoms with Gasteiger partial charge in [-0.1, -0.05) is 13.8 Å². The molecule has 0 aliphatic rings. The van der Waals surface area contributed by atoms with Crippen molar-refractivity contribution in [2.75, 3.05) is 33.2 Å². The van der Waals surface area contributed by atoms with Gasteiger partial charge in [0.1, 0.15) is 0 Å². The van der Waals surface area contributed by atoms with Gasteiger partial charge >= 0.3 is 0 Å². The van der Waals surface area contributed by atoms with E-state index in [9.17, 15) is 0 Å². The van der Waals surface area contributed by atoms with E-state index in [-0.39, 0.29) is 0 Å². The molecule has 0 spiro atoms. The largest absolute Gasteiger partial charge is 0.357 e. The first-order valence-corrected chi connectivity index (χ1v) is 8.69. The van der Waals surface area contributed by atoms with Crippen molar-refractivity contribution in [1.29, 1.82) is 0 Å². The second-order valence-corrected chi connectivity index (χ2v) is 6.50. The normalized spacial score (nSPS) is 12.5. The monoisotopic (exact) mass is 298 g/mol. The molecule has 0 atom stereocenters. The maximum Gasteiger partial charge on any atom is 0.191 e. The molecular formula is C17H38N4. The topological polar surface area (TPSA) is 39.7 Å². The van der Waals surface area contributed by atoms with Crippen LogP contribution in [-0.2, 0) is 0 Å². The predicted molar refractivity (Wildman–Crippen MR) is 95.1 cm³/mol. The number of guanidine groups is 1. The van der Waals surface area contributed by atoms with Crippen LogP contribution in [-0.4, -0.2) is 50.1 Å². The summed E-state index contributed by atoms with van der Waals surface area (Å²) >= 11 is 0. The third-order valence-electron chi connectivity index (χ3n) is 3.67. The molecule has 21 heavy (non-hydrogen) atoms. The molecule has 0 heterocycles. The van der Waals surface area contributed by atoms with Crippen molar-refractivity contribution in [3.63, 3.8) is 0 Å². The first kappa shape index (κ1) is 20.2. The van der Waals surface area contributed by atoms with Crippen LogP contribution in [0.2, 0.25) is 0 Å². The van der Waals surface area contributed by atoms with Gasteiger partial charge in [0.2, 0.25) is 0 Å². The van der Waals surface area contributed by atoms with E-state index >= 15 is 0 Å². The van der Waals surface area contributed by atoms with Gasteiger partial charge in [-0.05, 0) is 66.0 Å². The van der Waals surface area contributed by atoms with Gasteiger partial charge in [0.15, 0.2) is 5.96 Å². The molecule has 0 fully saturated rings. The molecule has 4 nitrogen and oxygen atoms in total. The summed E-state index contributed by atoms with van der Waals surface area (Å²) in [5.74, 6) is 1.74. The number of nitrogens with zero attached hydrogens (tertiary/aromatic N) is 2. The Bertz CT molecular complexity index is 262. The summed E-state index contributed by atoms with van der Waals surface area (Å²) in [5.41, 5.74) is 0. The van der Waals surface area contributed by atoms with Crippen LogP contribution in [0.5, 0.6) is 0 Å². The summed E-state index contributed by atoms with van der Waals surface area (Å²) in [4.78, 5) is 7.02. The number of nitrogens with one attached hydrogen (secondary N) is 2. The molecule has 0 saturated heterocycles. The summed E-state index contributed by atoms with van der Waals surface area (Å²) in [6.45, 7) is 15.1. The third-order valence-corrected chi connectivity index (χ3v) is 3.67. The summed E-state index contributed by atoms with van der Waals surface area (Å²) in [5, 5.41) is 6.75. The van der Waals surface area contributed by atoms with E-state index in [4.69, 9.17) is 0 Å². The molecule has 0 radical (unpaired) electrons. The van der Waals surface area contributed by atoms with Crippen LogP contribution in [0.4, 0.5) is 0 Å². The molecule has 0 aromatic carbocycles. The van der Waals surface area contributed by atoms with Gasteiger partial charge in [-0.3, -0.25) is 4.99 Å². The lowest BCUT2D eigenvalue weighted by atomic mass is 10.1. The zero-order valence-corrected chi connectivity index (χ0v) is 15.2. The Morgan fingerprint density at radius 2 is 1.76 bits per heavy atom. The summed E-state index contributed by atoms with van der Waals surface area (Å²) in [6.07, 6.45) is 4.85. The number of unbranched alkanes of at least 4 members (excludes halogenated alkanes) is 1. The zero-order valence-electron chi connectivity index (χ0n) is 15.2. The van der Waals surface area contributed by atoms with Crippen molar-refractivity contribution in [3.05, 3.63) is 0 Å². The maximum atomic E-state index is 4.63. The van der Waals surface area contributed by atoms with E-state index in [1.807, 2.05) is 0 Å². The van der Waals surface area contributed by atoms with Crippen LogP contribution in [0.25, 0.3) is 0 Å². The fourth-order valence-corrected chi connectivity index (χ4v) is 1.98. The van der Waals surface area contributed by atoms with Crippen LogP contribution in [0.3, 0.4) is 0 Å². The molecule has 0 unspecified atom stereocenters. The van der Waals surface area contributed by atoms with Crippen LogP contribution in [0.1, 0.15) is 60.3 Å². The van der Waals surface area contributed by atoms with E-state index in [2.05, 4.69) is 62.2 Å². The molecule has 0 aliphatic carbocycles. The molecule has 0 saturated carbocycles. The lowest BCUT2D eigenvalue weighted by molar-refractivity contribution is 0.268. The summed E-state index contributed by atoms with van der Waals surface area (Å²) < 4.78 is 0. The Morgan fingerprint density at radius 1 is 1.05 bits per heavy atom. The van der Waals surface area contributed by atoms with Crippen molar-refractivity contribution >= 4 is 5.96 Å². The van der Waals surface area contributed by atoms with Crippen molar-refractivity contribution in [2.24, 2.45) is 10.9 Å². The molecule has 0 rings (SSSR count). The quantitative estimate of drug-likeness (QED) is 0.350. The second-order valence-electron chi connectivity index (χ2n) is 6.50. The number of hydrogen-bond acceptors (Lipinski definition) is 2. The van der Waals surface area contributed by atoms with E-state index in [0.717, 1.165) is 31.5 Å². The molecule has 0 bridgehead atoms. The average Bonchev–Trinajstić information content (AvgIpc) is 2.42. The SMILES string of the molecule is CCNC(=NCCCC(C)C)NCCCCN(C)C(C)C. The van der Waals surface area contributed by atoms with Crippen LogP contribution < -0.4 is 10.6 Å². The van der Waals surface area contributed by atoms with Gasteiger partial charge < -0.3 is 15.5 Å². The lowest BCUT2D eigenvalue weighted by Crippen LogP contribution is -2.38. The standard InChI is InChI=1S/C17H38N4/c1-7-18-17(20-13-10-11-15(2)3)19-12-8-9-14-21(6)16(4)5/h15-16H,7-14H2,1-6H3,(H2,18,19,20). The molecule has 2 N–H and O–H groups in total. The molecule has 0 aromatic rings. The highest BCUT2D eigenvalue weighted by Crippen LogP contribution is 2.02. The minimum Gasteiger partial charge on any atom is -0.357 e. The zero-order chi connectivity index (χ0) is 16.1. The minimum absolute atomic E-state index is 0.637. The molecule has 0 amide bonds. The number of rotatable bonds is 11. The fourth-order valence-electron chi connectivity index (χ4n) is 1.98. The Labute approximate surface area is 132 Å². The van der Waals surface area contributed by atoms with E-state index in [1.54, 1.807) is 0 Å². The third kappa shape index (κ3) is 12.7. The first-order chi connectivity index (χ1) is 9.97. The first-order valence-electron chi connectivity index (χ1n) is 8.69. The van der Waals surface area contributed by atoms with Gasteiger partial charge in [-0.2, -0.15) is 0 Å².